The molecule has 0 spiro atoms. The SMILES string of the molecule is COc1ccc(OC)c([C@H](C)NC(=O)CCN2C(=O)[C@H]3CC=CC[C@H]3C2=O)c1. The van der Waals surface area contributed by atoms with Crippen LogP contribution in [-0.2, 0) is 14.4 Å². The van der Waals surface area contributed by atoms with Crippen LogP contribution in [0.4, 0.5) is 0 Å². The molecule has 1 aromatic carbocycles. The minimum Gasteiger partial charge on any atom is -0.497 e. The van der Waals surface area contributed by atoms with Crippen LogP contribution in [0.15, 0.2) is 30.4 Å². The van der Waals surface area contributed by atoms with Gasteiger partial charge in [-0.15, -0.1) is 0 Å². The first-order valence-electron chi connectivity index (χ1n) is 9.47. The highest BCUT2D eigenvalue weighted by atomic mass is 16.5. The average Bonchev–Trinajstić information content (AvgIpc) is 2.96. The molecule has 0 radical (unpaired) electrons. The number of nitrogens with one attached hydrogen (secondary N) is 1. The van der Waals surface area contributed by atoms with E-state index in [9.17, 15) is 14.4 Å². The Bertz CT molecular complexity index is 778. The van der Waals surface area contributed by atoms with Gasteiger partial charge >= 0.3 is 0 Å². The highest BCUT2D eigenvalue weighted by Crippen LogP contribution is 2.35. The van der Waals surface area contributed by atoms with Crippen molar-refractivity contribution in [2.75, 3.05) is 20.8 Å². The second-order valence-electron chi connectivity index (χ2n) is 7.13. The third-order valence-corrected chi connectivity index (χ3v) is 5.44. The number of benzene rings is 1. The molecular weight excluding hydrogens is 360 g/mol. The first kappa shape index (κ1) is 19.9. The standard InChI is InChI=1S/C21H26N2O5/c1-13(17-12-14(27-2)8-9-18(17)28-3)22-19(24)10-11-23-20(25)15-6-4-5-7-16(15)21(23)26/h4-5,8-9,12-13,15-16H,6-7,10-11H2,1-3H3,(H,22,24)/t13-,15-,16+/m0/s1. The number of carbonyl (C=O) groups excluding carboxylic acids is 3. The van der Waals surface area contributed by atoms with Gasteiger partial charge in [0.25, 0.3) is 0 Å². The van der Waals surface area contributed by atoms with Gasteiger partial charge in [-0.05, 0) is 38.0 Å². The molecule has 2 aliphatic rings. The van der Waals surface area contributed by atoms with Crippen LogP contribution < -0.4 is 14.8 Å². The Balaban J connectivity index is 1.59. The van der Waals surface area contributed by atoms with Gasteiger partial charge in [0, 0.05) is 18.5 Å². The molecule has 1 N–H and O–H groups in total. The van der Waals surface area contributed by atoms with Crippen molar-refractivity contribution in [2.45, 2.75) is 32.2 Å². The van der Waals surface area contributed by atoms with E-state index in [1.54, 1.807) is 26.4 Å². The molecule has 3 atom stereocenters. The molecule has 7 nitrogen and oxygen atoms in total. The van der Waals surface area contributed by atoms with Crippen molar-refractivity contribution in [3.05, 3.63) is 35.9 Å². The molecule has 0 aromatic heterocycles. The Morgan fingerprint density at radius 2 is 1.79 bits per heavy atom. The van der Waals surface area contributed by atoms with Crippen LogP contribution in [0.5, 0.6) is 11.5 Å². The maximum absolute atomic E-state index is 12.5. The lowest BCUT2D eigenvalue weighted by atomic mass is 9.85. The highest BCUT2D eigenvalue weighted by molar-refractivity contribution is 6.05. The van der Waals surface area contributed by atoms with Crippen molar-refractivity contribution in [3.63, 3.8) is 0 Å². The molecule has 1 saturated heterocycles. The van der Waals surface area contributed by atoms with Crippen LogP contribution in [0.1, 0.15) is 37.8 Å². The van der Waals surface area contributed by atoms with E-state index >= 15 is 0 Å². The van der Waals surface area contributed by atoms with Crippen molar-refractivity contribution in [1.29, 1.82) is 0 Å². The summed E-state index contributed by atoms with van der Waals surface area (Å²) in [6.45, 7) is 1.96. The van der Waals surface area contributed by atoms with E-state index in [1.165, 1.54) is 4.90 Å². The van der Waals surface area contributed by atoms with Gasteiger partial charge in [-0.25, -0.2) is 0 Å². The fourth-order valence-corrected chi connectivity index (χ4v) is 3.87. The van der Waals surface area contributed by atoms with E-state index in [0.717, 1.165) is 5.56 Å². The van der Waals surface area contributed by atoms with E-state index in [4.69, 9.17) is 9.47 Å². The maximum Gasteiger partial charge on any atom is 0.233 e. The van der Waals surface area contributed by atoms with E-state index in [-0.39, 0.29) is 48.6 Å². The largest absolute Gasteiger partial charge is 0.497 e. The lowest BCUT2D eigenvalue weighted by Gasteiger charge is -2.19. The molecule has 1 aromatic rings. The number of imide groups is 1. The Kier molecular flexibility index (Phi) is 6.02. The number of carbonyl (C=O) groups is 3. The summed E-state index contributed by atoms with van der Waals surface area (Å²) < 4.78 is 10.6. The van der Waals surface area contributed by atoms with Crippen LogP contribution in [0.25, 0.3) is 0 Å². The van der Waals surface area contributed by atoms with Crippen molar-refractivity contribution >= 4 is 17.7 Å². The molecule has 3 amide bonds. The van der Waals surface area contributed by atoms with E-state index in [0.29, 0.717) is 24.3 Å². The number of allylic oxidation sites excluding steroid dienone is 2. The van der Waals surface area contributed by atoms with E-state index in [2.05, 4.69) is 5.32 Å². The molecule has 28 heavy (non-hydrogen) atoms. The minimum absolute atomic E-state index is 0.0704. The van der Waals surface area contributed by atoms with Crippen LogP contribution in [0.3, 0.4) is 0 Å². The molecular formula is C21H26N2O5. The second-order valence-corrected chi connectivity index (χ2v) is 7.13. The number of ether oxygens (including phenoxy) is 2. The van der Waals surface area contributed by atoms with Crippen molar-refractivity contribution in [3.8, 4) is 11.5 Å². The first-order chi connectivity index (χ1) is 13.5. The van der Waals surface area contributed by atoms with E-state index in [1.807, 2.05) is 25.1 Å². The van der Waals surface area contributed by atoms with Crippen molar-refractivity contribution in [1.82, 2.24) is 10.2 Å². The Morgan fingerprint density at radius 3 is 2.36 bits per heavy atom. The summed E-state index contributed by atoms with van der Waals surface area (Å²) in [5.41, 5.74) is 0.792. The van der Waals surface area contributed by atoms with Crippen molar-refractivity contribution in [2.24, 2.45) is 11.8 Å². The number of likely N-dealkylation sites (tertiary alicyclic amines) is 1. The van der Waals surface area contributed by atoms with Gasteiger partial charge < -0.3 is 14.8 Å². The number of hydrogen-bond donors (Lipinski definition) is 1. The molecule has 0 bridgehead atoms. The van der Waals surface area contributed by atoms with Gasteiger partial charge in [0.2, 0.25) is 17.7 Å². The number of methoxy groups -OCH3 is 2. The zero-order valence-corrected chi connectivity index (χ0v) is 16.4. The fraction of sp³-hybridized carbons (Fsp3) is 0.476. The molecule has 7 heteroatoms. The van der Waals surface area contributed by atoms with Crippen LogP contribution in [0, 0.1) is 11.8 Å². The van der Waals surface area contributed by atoms with Gasteiger partial charge in [-0.3, -0.25) is 19.3 Å². The Morgan fingerprint density at radius 1 is 1.14 bits per heavy atom. The van der Waals surface area contributed by atoms with Gasteiger partial charge in [-0.2, -0.15) is 0 Å². The third-order valence-electron chi connectivity index (χ3n) is 5.44. The van der Waals surface area contributed by atoms with Crippen LogP contribution in [-0.4, -0.2) is 43.4 Å². The molecule has 1 fully saturated rings. The number of amides is 3. The summed E-state index contributed by atoms with van der Waals surface area (Å²) in [5.74, 6) is 0.243. The summed E-state index contributed by atoms with van der Waals surface area (Å²) in [6, 6.07) is 5.08. The Hall–Kier alpha value is -2.83. The second kappa shape index (κ2) is 8.46. The quantitative estimate of drug-likeness (QED) is 0.574. The average molecular weight is 386 g/mol. The molecule has 0 unspecified atom stereocenters. The van der Waals surface area contributed by atoms with Gasteiger partial charge in [0.15, 0.2) is 0 Å². The monoisotopic (exact) mass is 386 g/mol. The smallest absolute Gasteiger partial charge is 0.233 e. The molecule has 1 heterocycles. The van der Waals surface area contributed by atoms with Gasteiger partial charge in [-0.1, -0.05) is 12.2 Å². The fourth-order valence-electron chi connectivity index (χ4n) is 3.87. The lowest BCUT2D eigenvalue weighted by Crippen LogP contribution is -2.36. The summed E-state index contributed by atoms with van der Waals surface area (Å²) in [5, 5.41) is 2.90. The summed E-state index contributed by atoms with van der Waals surface area (Å²) in [6.07, 6.45) is 5.17. The summed E-state index contributed by atoms with van der Waals surface area (Å²) >= 11 is 0. The first-order valence-corrected chi connectivity index (χ1v) is 9.47. The minimum atomic E-state index is -0.311. The van der Waals surface area contributed by atoms with Gasteiger partial charge in [0.05, 0.1) is 32.1 Å². The van der Waals surface area contributed by atoms with Crippen LogP contribution in [0.2, 0.25) is 0 Å². The number of fused-ring (bicyclic) bond motifs is 1. The summed E-state index contributed by atoms with van der Waals surface area (Å²) in [7, 11) is 3.14. The Labute approximate surface area is 164 Å². The predicted molar refractivity (Wildman–Crippen MR) is 103 cm³/mol. The number of rotatable bonds is 7. The molecule has 1 aliphatic heterocycles. The normalized spacial score (nSPS) is 22.0. The zero-order valence-electron chi connectivity index (χ0n) is 16.4. The predicted octanol–water partition coefficient (Wildman–Crippen LogP) is 2.22. The third kappa shape index (κ3) is 3.88. The van der Waals surface area contributed by atoms with Crippen LogP contribution >= 0.6 is 0 Å². The zero-order chi connectivity index (χ0) is 20.3. The highest BCUT2D eigenvalue weighted by Gasteiger charge is 2.46. The number of hydrogen-bond acceptors (Lipinski definition) is 5. The molecule has 3 rings (SSSR count). The van der Waals surface area contributed by atoms with Crippen molar-refractivity contribution < 1.29 is 23.9 Å². The van der Waals surface area contributed by atoms with E-state index < -0.39 is 0 Å². The molecule has 150 valence electrons. The molecule has 0 saturated carbocycles. The maximum atomic E-state index is 12.5. The topological polar surface area (TPSA) is 84.9 Å². The molecule has 1 aliphatic carbocycles. The number of nitrogens with zero attached hydrogens (tertiary/aromatic N) is 1. The lowest BCUT2D eigenvalue weighted by molar-refractivity contribution is -0.140. The van der Waals surface area contributed by atoms with Gasteiger partial charge in [0.1, 0.15) is 11.5 Å². The summed E-state index contributed by atoms with van der Waals surface area (Å²) in [4.78, 5) is 38.6.